The van der Waals surface area contributed by atoms with Gasteiger partial charge in [0.25, 0.3) is 0 Å². The largest absolute Gasteiger partial charge is 0.495 e. The molecule has 0 heterocycles. The van der Waals surface area contributed by atoms with Gasteiger partial charge in [-0.05, 0) is 56.1 Å². The number of benzene rings is 2. The lowest BCUT2D eigenvalue weighted by atomic mass is 10.1. The van der Waals surface area contributed by atoms with Crippen molar-refractivity contribution in [3.8, 4) is 5.75 Å². The van der Waals surface area contributed by atoms with Crippen LogP contribution in [0.2, 0.25) is 5.02 Å². The van der Waals surface area contributed by atoms with Crippen LogP contribution in [-0.2, 0) is 0 Å². The van der Waals surface area contributed by atoms with Gasteiger partial charge in [-0.15, -0.1) is 0 Å². The van der Waals surface area contributed by atoms with E-state index in [-0.39, 0.29) is 0 Å². The van der Waals surface area contributed by atoms with Gasteiger partial charge in [-0.3, -0.25) is 0 Å². The SMILES string of the molecule is COc1cc(Nc2cc(Cl)ccc2C(N)=S)c(Br)cc1Br. The molecule has 3 nitrogen and oxygen atoms in total. The molecule has 2 rings (SSSR count). The molecule has 21 heavy (non-hydrogen) atoms. The van der Waals surface area contributed by atoms with E-state index < -0.39 is 0 Å². The standard InChI is InChI=1S/C14H11Br2ClN2OS/c1-20-13-6-12(9(15)5-10(13)16)19-11-4-7(17)2-3-8(11)14(18)21/h2-6,19H,1H3,(H2,18,21). The third-order valence-electron chi connectivity index (χ3n) is 2.76. The van der Waals surface area contributed by atoms with Gasteiger partial charge in [-0.25, -0.2) is 0 Å². The van der Waals surface area contributed by atoms with Crippen LogP contribution in [0.25, 0.3) is 0 Å². The Morgan fingerprint density at radius 1 is 1.19 bits per heavy atom. The maximum Gasteiger partial charge on any atom is 0.135 e. The highest BCUT2D eigenvalue weighted by molar-refractivity contribution is 9.11. The maximum atomic E-state index is 6.04. The molecule has 0 saturated carbocycles. The van der Waals surface area contributed by atoms with Crippen LogP contribution in [0, 0.1) is 0 Å². The van der Waals surface area contributed by atoms with E-state index in [4.69, 9.17) is 34.3 Å². The minimum absolute atomic E-state index is 0.300. The summed E-state index contributed by atoms with van der Waals surface area (Å²) >= 11 is 18.0. The molecule has 0 fully saturated rings. The molecule has 3 N–H and O–H groups in total. The number of ether oxygens (including phenoxy) is 1. The summed E-state index contributed by atoms with van der Waals surface area (Å²) in [5, 5.41) is 3.86. The van der Waals surface area contributed by atoms with Crippen molar-refractivity contribution in [2.75, 3.05) is 12.4 Å². The van der Waals surface area contributed by atoms with E-state index >= 15 is 0 Å². The average molecular weight is 451 g/mol. The molecule has 110 valence electrons. The summed E-state index contributed by atoms with van der Waals surface area (Å²) in [6.45, 7) is 0. The first-order valence-electron chi connectivity index (χ1n) is 5.81. The van der Waals surface area contributed by atoms with Crippen LogP contribution < -0.4 is 15.8 Å². The number of thiocarbonyl (C=S) groups is 1. The van der Waals surface area contributed by atoms with Crippen molar-refractivity contribution >= 4 is 72.0 Å². The molecule has 2 aromatic rings. The number of rotatable bonds is 4. The van der Waals surface area contributed by atoms with Crippen LogP contribution in [0.15, 0.2) is 39.3 Å². The maximum absolute atomic E-state index is 6.04. The Hall–Kier alpha value is -0.820. The smallest absolute Gasteiger partial charge is 0.135 e. The first kappa shape index (κ1) is 16.5. The van der Waals surface area contributed by atoms with Crippen LogP contribution in [0.5, 0.6) is 5.75 Å². The summed E-state index contributed by atoms with van der Waals surface area (Å²) < 4.78 is 7.01. The molecule has 0 amide bonds. The van der Waals surface area contributed by atoms with Crippen molar-refractivity contribution in [3.63, 3.8) is 0 Å². The first-order chi connectivity index (χ1) is 9.92. The highest BCUT2D eigenvalue weighted by atomic mass is 79.9. The second kappa shape index (κ2) is 6.96. The van der Waals surface area contributed by atoms with Gasteiger partial charge < -0.3 is 15.8 Å². The molecule has 0 aromatic heterocycles. The van der Waals surface area contributed by atoms with Crippen molar-refractivity contribution in [3.05, 3.63) is 49.9 Å². The van der Waals surface area contributed by atoms with Crippen molar-refractivity contribution in [1.29, 1.82) is 0 Å². The Morgan fingerprint density at radius 3 is 2.52 bits per heavy atom. The molecule has 0 unspecified atom stereocenters. The molecule has 0 spiro atoms. The normalized spacial score (nSPS) is 10.3. The third kappa shape index (κ3) is 3.88. The highest BCUT2D eigenvalue weighted by Crippen LogP contribution is 2.37. The van der Waals surface area contributed by atoms with E-state index in [9.17, 15) is 0 Å². The zero-order valence-electron chi connectivity index (χ0n) is 10.9. The summed E-state index contributed by atoms with van der Waals surface area (Å²) in [5.74, 6) is 0.708. The summed E-state index contributed by atoms with van der Waals surface area (Å²) in [4.78, 5) is 0.300. The zero-order valence-corrected chi connectivity index (χ0v) is 15.7. The van der Waals surface area contributed by atoms with E-state index in [0.717, 1.165) is 25.9 Å². The van der Waals surface area contributed by atoms with E-state index in [0.29, 0.717) is 15.8 Å². The molecule has 0 bridgehead atoms. The van der Waals surface area contributed by atoms with Crippen molar-refractivity contribution in [1.82, 2.24) is 0 Å². The Balaban J connectivity index is 2.47. The lowest BCUT2D eigenvalue weighted by Crippen LogP contribution is -2.12. The molecular weight excluding hydrogens is 439 g/mol. The molecule has 0 saturated heterocycles. The Bertz CT molecular complexity index is 710. The number of nitrogens with one attached hydrogen (secondary N) is 1. The second-order valence-corrected chi connectivity index (χ2v) is 6.73. The molecule has 0 aliphatic rings. The molecule has 0 atom stereocenters. The molecule has 7 heteroatoms. The van der Waals surface area contributed by atoms with Gasteiger partial charge in [0, 0.05) is 21.1 Å². The van der Waals surface area contributed by atoms with Crippen molar-refractivity contribution in [2.45, 2.75) is 0 Å². The van der Waals surface area contributed by atoms with Gasteiger partial charge in [0.2, 0.25) is 0 Å². The highest BCUT2D eigenvalue weighted by Gasteiger charge is 2.11. The molecule has 0 aliphatic carbocycles. The summed E-state index contributed by atoms with van der Waals surface area (Å²) in [6.07, 6.45) is 0. The van der Waals surface area contributed by atoms with E-state index in [1.165, 1.54) is 0 Å². The predicted molar refractivity (Wildman–Crippen MR) is 99.0 cm³/mol. The fourth-order valence-electron chi connectivity index (χ4n) is 1.76. The second-order valence-electron chi connectivity index (χ2n) is 4.15. The van der Waals surface area contributed by atoms with Gasteiger partial charge >= 0.3 is 0 Å². The van der Waals surface area contributed by atoms with E-state index in [2.05, 4.69) is 37.2 Å². The summed E-state index contributed by atoms with van der Waals surface area (Å²) in [6, 6.07) is 9.07. The van der Waals surface area contributed by atoms with Gasteiger partial charge in [-0.2, -0.15) is 0 Å². The van der Waals surface area contributed by atoms with E-state index in [1.54, 1.807) is 25.3 Å². The van der Waals surface area contributed by atoms with Crippen LogP contribution in [-0.4, -0.2) is 12.1 Å². The fourth-order valence-corrected chi connectivity index (χ4v) is 3.37. The summed E-state index contributed by atoms with van der Waals surface area (Å²) in [7, 11) is 1.61. The van der Waals surface area contributed by atoms with Crippen molar-refractivity contribution in [2.24, 2.45) is 5.73 Å². The number of halogens is 3. The minimum atomic E-state index is 0.300. The number of hydrogen-bond acceptors (Lipinski definition) is 3. The lowest BCUT2D eigenvalue weighted by Gasteiger charge is -2.15. The predicted octanol–water partition coefficient (Wildman–Crippen LogP) is 5.25. The van der Waals surface area contributed by atoms with Crippen LogP contribution in [0.4, 0.5) is 11.4 Å². The first-order valence-corrected chi connectivity index (χ1v) is 8.19. The Labute approximate surface area is 150 Å². The van der Waals surface area contributed by atoms with Gasteiger partial charge in [0.1, 0.15) is 10.7 Å². The third-order valence-corrected chi connectivity index (χ3v) is 4.49. The van der Waals surface area contributed by atoms with Gasteiger partial charge in [0.05, 0.1) is 23.0 Å². The number of nitrogens with two attached hydrogens (primary N) is 1. The lowest BCUT2D eigenvalue weighted by molar-refractivity contribution is 0.412. The number of methoxy groups -OCH3 is 1. The zero-order chi connectivity index (χ0) is 15.6. The topological polar surface area (TPSA) is 47.3 Å². The quantitative estimate of drug-likeness (QED) is 0.625. The molecule has 0 radical (unpaired) electrons. The fraction of sp³-hybridized carbons (Fsp3) is 0.0714. The van der Waals surface area contributed by atoms with Crippen LogP contribution in [0.3, 0.4) is 0 Å². The Morgan fingerprint density at radius 2 is 1.90 bits per heavy atom. The number of hydrogen-bond donors (Lipinski definition) is 2. The monoisotopic (exact) mass is 448 g/mol. The minimum Gasteiger partial charge on any atom is -0.495 e. The average Bonchev–Trinajstić information content (AvgIpc) is 2.41. The summed E-state index contributed by atoms with van der Waals surface area (Å²) in [5.41, 5.74) is 8.02. The molecule has 2 aromatic carbocycles. The van der Waals surface area contributed by atoms with Crippen molar-refractivity contribution < 1.29 is 4.74 Å². The Kier molecular flexibility index (Phi) is 5.48. The van der Waals surface area contributed by atoms with Gasteiger partial charge in [-0.1, -0.05) is 23.8 Å². The van der Waals surface area contributed by atoms with E-state index in [1.807, 2.05) is 12.1 Å². The van der Waals surface area contributed by atoms with Crippen LogP contribution in [0.1, 0.15) is 5.56 Å². The molecular formula is C14H11Br2ClN2OS. The van der Waals surface area contributed by atoms with Gasteiger partial charge in [0.15, 0.2) is 0 Å². The van der Waals surface area contributed by atoms with Crippen LogP contribution >= 0.6 is 55.7 Å². The number of anilines is 2. The molecule has 0 aliphatic heterocycles.